The minimum absolute atomic E-state index is 0.326. The molecule has 2 aromatic rings. The van der Waals surface area contributed by atoms with E-state index < -0.39 is 0 Å². The Balaban J connectivity index is 2.55. The zero-order chi connectivity index (χ0) is 10.8. The van der Waals surface area contributed by atoms with E-state index in [1.807, 2.05) is 0 Å². The highest BCUT2D eigenvalue weighted by molar-refractivity contribution is 6.30. The topological polar surface area (TPSA) is 61.3 Å². The number of benzene rings is 1. The third-order valence-corrected chi connectivity index (χ3v) is 2.19. The molecule has 1 heterocycles. The Kier molecular flexibility index (Phi) is 2.51. The van der Waals surface area contributed by atoms with Crippen molar-refractivity contribution in [3.63, 3.8) is 0 Å². The number of nitrogen functional groups attached to an aromatic ring is 1. The van der Waals surface area contributed by atoms with E-state index in [1.54, 1.807) is 31.4 Å². The monoisotopic (exact) mass is 224 g/mol. The maximum Gasteiger partial charge on any atom is 0.172 e. The Morgan fingerprint density at radius 1 is 1.40 bits per heavy atom. The summed E-state index contributed by atoms with van der Waals surface area (Å²) in [6.07, 6.45) is 0. The predicted molar refractivity (Wildman–Crippen MR) is 57.9 cm³/mol. The normalized spacial score (nSPS) is 10.3. The molecule has 0 aliphatic carbocycles. The number of aromatic nitrogens is 1. The number of halogens is 1. The highest BCUT2D eigenvalue weighted by atomic mass is 35.5. The second kappa shape index (κ2) is 3.82. The van der Waals surface area contributed by atoms with Gasteiger partial charge in [0.15, 0.2) is 11.6 Å². The van der Waals surface area contributed by atoms with Crippen molar-refractivity contribution in [3.8, 4) is 17.1 Å². The minimum atomic E-state index is 0.326. The molecule has 1 aromatic carbocycles. The van der Waals surface area contributed by atoms with Gasteiger partial charge in [0.05, 0.1) is 12.7 Å². The first-order valence-corrected chi connectivity index (χ1v) is 4.64. The van der Waals surface area contributed by atoms with Crippen molar-refractivity contribution in [2.24, 2.45) is 0 Å². The van der Waals surface area contributed by atoms with E-state index in [0.29, 0.717) is 22.4 Å². The van der Waals surface area contributed by atoms with Gasteiger partial charge in [0.1, 0.15) is 5.75 Å². The Bertz CT molecular complexity index is 482. The molecule has 0 saturated heterocycles. The first-order valence-electron chi connectivity index (χ1n) is 4.27. The summed E-state index contributed by atoms with van der Waals surface area (Å²) in [4.78, 5) is 0. The van der Waals surface area contributed by atoms with Crippen LogP contribution in [0.2, 0.25) is 5.02 Å². The van der Waals surface area contributed by atoms with Gasteiger partial charge in [-0.3, -0.25) is 0 Å². The molecule has 0 aliphatic heterocycles. The number of rotatable bonds is 2. The lowest BCUT2D eigenvalue weighted by Crippen LogP contribution is -1.86. The molecule has 0 bridgehead atoms. The molecular weight excluding hydrogens is 216 g/mol. The molecule has 2 N–H and O–H groups in total. The van der Waals surface area contributed by atoms with E-state index in [2.05, 4.69) is 5.16 Å². The predicted octanol–water partition coefficient (Wildman–Crippen LogP) is 2.59. The third kappa shape index (κ3) is 1.89. The number of hydrogen-bond donors (Lipinski definition) is 1. The van der Waals surface area contributed by atoms with Crippen molar-refractivity contribution in [1.29, 1.82) is 0 Å². The summed E-state index contributed by atoms with van der Waals surface area (Å²) in [5.74, 6) is 1.52. The summed E-state index contributed by atoms with van der Waals surface area (Å²) in [6.45, 7) is 0. The van der Waals surface area contributed by atoms with Crippen LogP contribution in [-0.2, 0) is 0 Å². The summed E-state index contributed by atoms with van der Waals surface area (Å²) in [5, 5.41) is 4.20. The summed E-state index contributed by atoms with van der Waals surface area (Å²) in [7, 11) is 1.58. The van der Waals surface area contributed by atoms with Gasteiger partial charge in [0.2, 0.25) is 0 Å². The Morgan fingerprint density at radius 3 is 2.80 bits per heavy atom. The molecular formula is C10H9ClN2O2. The summed E-state index contributed by atoms with van der Waals surface area (Å²) in [5.41, 5.74) is 6.20. The van der Waals surface area contributed by atoms with Crippen molar-refractivity contribution >= 4 is 17.4 Å². The van der Waals surface area contributed by atoms with Gasteiger partial charge in [-0.25, -0.2) is 0 Å². The largest absolute Gasteiger partial charge is 0.496 e. The van der Waals surface area contributed by atoms with Crippen LogP contribution < -0.4 is 10.5 Å². The second-order valence-electron chi connectivity index (χ2n) is 2.96. The molecule has 15 heavy (non-hydrogen) atoms. The van der Waals surface area contributed by atoms with Crippen LogP contribution in [0.25, 0.3) is 11.3 Å². The van der Waals surface area contributed by atoms with Crippen molar-refractivity contribution in [2.75, 3.05) is 12.8 Å². The van der Waals surface area contributed by atoms with E-state index >= 15 is 0 Å². The molecule has 0 saturated carbocycles. The molecule has 0 atom stereocenters. The lowest BCUT2D eigenvalue weighted by molar-refractivity contribution is 0.407. The second-order valence-corrected chi connectivity index (χ2v) is 3.40. The van der Waals surface area contributed by atoms with Crippen LogP contribution >= 0.6 is 11.6 Å². The fraction of sp³-hybridized carbons (Fsp3) is 0.100. The first kappa shape index (κ1) is 9.86. The quantitative estimate of drug-likeness (QED) is 0.852. The molecule has 78 valence electrons. The summed E-state index contributed by atoms with van der Waals surface area (Å²) < 4.78 is 10.2. The van der Waals surface area contributed by atoms with E-state index in [0.717, 1.165) is 5.56 Å². The fourth-order valence-corrected chi connectivity index (χ4v) is 1.46. The maximum absolute atomic E-state index is 5.88. The van der Waals surface area contributed by atoms with Gasteiger partial charge in [-0.2, -0.15) is 0 Å². The smallest absolute Gasteiger partial charge is 0.172 e. The molecule has 0 unspecified atom stereocenters. The van der Waals surface area contributed by atoms with Crippen molar-refractivity contribution < 1.29 is 9.26 Å². The van der Waals surface area contributed by atoms with E-state index in [9.17, 15) is 0 Å². The van der Waals surface area contributed by atoms with Crippen LogP contribution in [0.1, 0.15) is 0 Å². The van der Waals surface area contributed by atoms with Crippen LogP contribution in [0.3, 0.4) is 0 Å². The molecule has 0 fully saturated rings. The summed E-state index contributed by atoms with van der Waals surface area (Å²) >= 11 is 5.88. The molecule has 0 aliphatic rings. The first-order chi connectivity index (χ1) is 7.20. The SMILES string of the molecule is COc1ccc(Cl)cc1-c1cc(N)no1. The van der Waals surface area contributed by atoms with Crippen LogP contribution in [0.4, 0.5) is 5.82 Å². The van der Waals surface area contributed by atoms with Gasteiger partial charge in [0, 0.05) is 11.1 Å². The molecule has 0 amide bonds. The number of methoxy groups -OCH3 is 1. The molecule has 0 radical (unpaired) electrons. The number of ether oxygens (including phenoxy) is 1. The lowest BCUT2D eigenvalue weighted by atomic mass is 10.1. The third-order valence-electron chi connectivity index (χ3n) is 1.96. The molecule has 0 spiro atoms. The van der Waals surface area contributed by atoms with Gasteiger partial charge in [-0.05, 0) is 18.2 Å². The van der Waals surface area contributed by atoms with Gasteiger partial charge in [-0.15, -0.1) is 0 Å². The Hall–Kier alpha value is -1.68. The highest BCUT2D eigenvalue weighted by Crippen LogP contribution is 2.33. The van der Waals surface area contributed by atoms with Gasteiger partial charge >= 0.3 is 0 Å². The van der Waals surface area contributed by atoms with Crippen LogP contribution in [0.5, 0.6) is 5.75 Å². The van der Waals surface area contributed by atoms with Crippen LogP contribution in [0, 0.1) is 0 Å². The van der Waals surface area contributed by atoms with E-state index in [4.69, 9.17) is 26.6 Å². The van der Waals surface area contributed by atoms with Gasteiger partial charge in [0.25, 0.3) is 0 Å². The van der Waals surface area contributed by atoms with E-state index in [-0.39, 0.29) is 0 Å². The standard InChI is InChI=1S/C10H9ClN2O2/c1-14-8-3-2-6(11)4-7(8)9-5-10(12)13-15-9/h2-5H,1H3,(H2,12,13). The average molecular weight is 225 g/mol. The number of anilines is 1. The zero-order valence-electron chi connectivity index (χ0n) is 8.03. The molecule has 1 aromatic heterocycles. The van der Waals surface area contributed by atoms with Crippen molar-refractivity contribution in [1.82, 2.24) is 5.16 Å². The minimum Gasteiger partial charge on any atom is -0.496 e. The number of hydrogen-bond acceptors (Lipinski definition) is 4. The molecule has 4 nitrogen and oxygen atoms in total. The number of nitrogens with two attached hydrogens (primary N) is 1. The highest BCUT2D eigenvalue weighted by Gasteiger charge is 2.11. The maximum atomic E-state index is 5.88. The lowest BCUT2D eigenvalue weighted by Gasteiger charge is -2.05. The van der Waals surface area contributed by atoms with Crippen molar-refractivity contribution in [2.45, 2.75) is 0 Å². The van der Waals surface area contributed by atoms with Gasteiger partial charge in [-0.1, -0.05) is 16.8 Å². The van der Waals surface area contributed by atoms with E-state index in [1.165, 1.54) is 0 Å². The summed E-state index contributed by atoms with van der Waals surface area (Å²) in [6, 6.07) is 6.86. The van der Waals surface area contributed by atoms with Crippen molar-refractivity contribution in [3.05, 3.63) is 29.3 Å². The number of nitrogens with zero attached hydrogens (tertiary/aromatic N) is 1. The zero-order valence-corrected chi connectivity index (χ0v) is 8.78. The molecule has 2 rings (SSSR count). The Morgan fingerprint density at radius 2 is 2.20 bits per heavy atom. The Labute approximate surface area is 91.6 Å². The van der Waals surface area contributed by atoms with Gasteiger partial charge < -0.3 is 15.0 Å². The van der Waals surface area contributed by atoms with Crippen LogP contribution in [-0.4, -0.2) is 12.3 Å². The van der Waals surface area contributed by atoms with Crippen LogP contribution in [0.15, 0.2) is 28.8 Å². The average Bonchev–Trinajstić information content (AvgIpc) is 2.65. The molecule has 5 heteroatoms. The fourth-order valence-electron chi connectivity index (χ4n) is 1.29.